The maximum absolute atomic E-state index is 13.5. The van der Waals surface area contributed by atoms with E-state index in [4.69, 9.17) is 4.98 Å². The van der Waals surface area contributed by atoms with Gasteiger partial charge in [0.2, 0.25) is 0 Å². The van der Waals surface area contributed by atoms with E-state index in [1.54, 1.807) is 17.4 Å². The summed E-state index contributed by atoms with van der Waals surface area (Å²) in [6.07, 6.45) is 0.662. The highest BCUT2D eigenvalue weighted by Gasteiger charge is 2.27. The quantitative estimate of drug-likeness (QED) is 0.777. The number of aliphatic hydroxyl groups excluding tert-OH is 1. The summed E-state index contributed by atoms with van der Waals surface area (Å²) in [7, 11) is 0. The molecule has 0 saturated carbocycles. The van der Waals surface area contributed by atoms with Crippen LogP contribution < -0.4 is 0 Å². The van der Waals surface area contributed by atoms with Crippen molar-refractivity contribution >= 4 is 11.3 Å². The van der Waals surface area contributed by atoms with Crippen LogP contribution in [0.25, 0.3) is 0 Å². The molecule has 1 saturated heterocycles. The lowest BCUT2D eigenvalue weighted by Gasteiger charge is -2.41. The molecular weight excluding hydrogens is 368 g/mol. The molecule has 0 spiro atoms. The van der Waals surface area contributed by atoms with Crippen molar-refractivity contribution in [1.29, 1.82) is 0 Å². The predicted molar refractivity (Wildman–Crippen MR) is 104 cm³/mol. The molecule has 0 bridgehead atoms. The molecule has 1 aromatic carbocycles. The molecule has 3 rings (SSSR count). The van der Waals surface area contributed by atoms with Gasteiger partial charge in [0.05, 0.1) is 12.2 Å². The summed E-state index contributed by atoms with van der Waals surface area (Å²) in [6.45, 7) is 8.33. The Hall–Kier alpha value is -1.41. The SMILES string of the molecule is CC(C)c1csc(CN2CCN(Cc3ccc(F)c(F)c3)[C@H](CCO)C2)n1. The molecule has 0 aliphatic carbocycles. The number of rotatable bonds is 7. The first-order valence-corrected chi connectivity index (χ1v) is 10.3. The highest BCUT2D eigenvalue weighted by molar-refractivity contribution is 7.09. The Morgan fingerprint density at radius 3 is 2.70 bits per heavy atom. The molecule has 1 aromatic heterocycles. The number of thiazole rings is 1. The minimum Gasteiger partial charge on any atom is -0.396 e. The Kier molecular flexibility index (Phi) is 6.92. The Bertz CT molecular complexity index is 753. The first-order chi connectivity index (χ1) is 13.0. The summed E-state index contributed by atoms with van der Waals surface area (Å²) in [4.78, 5) is 9.33. The van der Waals surface area contributed by atoms with Crippen molar-refractivity contribution in [2.24, 2.45) is 0 Å². The molecule has 0 radical (unpaired) electrons. The maximum atomic E-state index is 13.5. The molecule has 2 aromatic rings. The first kappa shape index (κ1) is 20.3. The van der Waals surface area contributed by atoms with Gasteiger partial charge in [-0.3, -0.25) is 9.80 Å². The average Bonchev–Trinajstić information content (AvgIpc) is 3.09. The Balaban J connectivity index is 1.62. The lowest BCUT2D eigenvalue weighted by atomic mass is 10.1. The second kappa shape index (κ2) is 9.19. The number of benzene rings is 1. The fourth-order valence-corrected chi connectivity index (χ4v) is 4.46. The number of aliphatic hydroxyl groups is 1. The first-order valence-electron chi connectivity index (χ1n) is 9.41. The molecule has 0 unspecified atom stereocenters. The molecule has 1 atom stereocenters. The number of halogens is 2. The second-order valence-corrected chi connectivity index (χ2v) is 8.38. The van der Waals surface area contributed by atoms with Crippen molar-refractivity contribution in [2.45, 2.75) is 45.3 Å². The third kappa shape index (κ3) is 5.31. The molecule has 1 fully saturated rings. The third-order valence-electron chi connectivity index (χ3n) is 5.04. The van der Waals surface area contributed by atoms with Gasteiger partial charge in [0.25, 0.3) is 0 Å². The summed E-state index contributed by atoms with van der Waals surface area (Å²) in [5, 5.41) is 12.7. The van der Waals surface area contributed by atoms with E-state index < -0.39 is 11.6 Å². The van der Waals surface area contributed by atoms with Gasteiger partial charge in [-0.2, -0.15) is 0 Å². The number of hydrogen-bond acceptors (Lipinski definition) is 5. The summed E-state index contributed by atoms with van der Waals surface area (Å²) in [5.74, 6) is -1.20. The zero-order valence-corrected chi connectivity index (χ0v) is 16.7. The molecule has 1 aliphatic heterocycles. The number of piperazine rings is 1. The van der Waals surface area contributed by atoms with Crippen molar-refractivity contribution in [3.8, 4) is 0 Å². The largest absolute Gasteiger partial charge is 0.396 e. The van der Waals surface area contributed by atoms with Gasteiger partial charge in [0, 0.05) is 44.2 Å². The fraction of sp³-hybridized carbons (Fsp3) is 0.550. The van der Waals surface area contributed by atoms with Crippen LogP contribution in [0.1, 0.15) is 42.5 Å². The van der Waals surface area contributed by atoms with E-state index in [-0.39, 0.29) is 12.6 Å². The smallest absolute Gasteiger partial charge is 0.159 e. The zero-order valence-electron chi connectivity index (χ0n) is 15.9. The number of nitrogens with zero attached hydrogens (tertiary/aromatic N) is 3. The molecule has 27 heavy (non-hydrogen) atoms. The van der Waals surface area contributed by atoms with E-state index in [0.717, 1.165) is 42.4 Å². The van der Waals surface area contributed by atoms with Crippen LogP contribution in [0.4, 0.5) is 8.78 Å². The Morgan fingerprint density at radius 1 is 1.22 bits per heavy atom. The van der Waals surface area contributed by atoms with E-state index in [2.05, 4.69) is 29.0 Å². The molecule has 0 amide bonds. The van der Waals surface area contributed by atoms with E-state index in [9.17, 15) is 13.9 Å². The minimum atomic E-state index is -0.820. The van der Waals surface area contributed by atoms with Gasteiger partial charge in [-0.25, -0.2) is 13.8 Å². The minimum absolute atomic E-state index is 0.113. The van der Waals surface area contributed by atoms with Crippen molar-refractivity contribution in [2.75, 3.05) is 26.2 Å². The van der Waals surface area contributed by atoms with Crippen LogP contribution in [0.3, 0.4) is 0 Å². The molecular formula is C20H27F2N3OS. The molecule has 2 heterocycles. The van der Waals surface area contributed by atoms with Gasteiger partial charge in [-0.15, -0.1) is 11.3 Å². The second-order valence-electron chi connectivity index (χ2n) is 7.44. The fourth-order valence-electron chi connectivity index (χ4n) is 3.46. The lowest BCUT2D eigenvalue weighted by molar-refractivity contribution is 0.0498. The summed E-state index contributed by atoms with van der Waals surface area (Å²) >= 11 is 1.70. The zero-order chi connectivity index (χ0) is 19.4. The van der Waals surface area contributed by atoms with Crippen molar-refractivity contribution in [3.05, 3.63) is 51.5 Å². The summed E-state index contributed by atoms with van der Waals surface area (Å²) in [5.41, 5.74) is 1.89. The molecule has 1 aliphatic rings. The standard InChI is InChI=1S/C20H27F2N3OS/c1-14(2)19-13-27-20(23-19)12-24-6-7-25(16(11-24)5-8-26)10-15-3-4-17(21)18(22)9-15/h3-4,9,13-14,16,26H,5-8,10-12H2,1-2H3/t16-/m1/s1. The van der Waals surface area contributed by atoms with Gasteiger partial charge in [-0.1, -0.05) is 19.9 Å². The van der Waals surface area contributed by atoms with Crippen molar-refractivity contribution in [3.63, 3.8) is 0 Å². The van der Waals surface area contributed by atoms with Crippen molar-refractivity contribution in [1.82, 2.24) is 14.8 Å². The van der Waals surface area contributed by atoms with Gasteiger partial charge in [-0.05, 0) is 30.0 Å². The van der Waals surface area contributed by atoms with Crippen LogP contribution in [0.5, 0.6) is 0 Å². The van der Waals surface area contributed by atoms with E-state index >= 15 is 0 Å². The van der Waals surface area contributed by atoms with Crippen LogP contribution >= 0.6 is 11.3 Å². The molecule has 148 valence electrons. The van der Waals surface area contributed by atoms with Crippen molar-refractivity contribution < 1.29 is 13.9 Å². The van der Waals surface area contributed by atoms with Gasteiger partial charge < -0.3 is 5.11 Å². The highest BCUT2D eigenvalue weighted by Crippen LogP contribution is 2.22. The monoisotopic (exact) mass is 395 g/mol. The Labute approximate surface area is 163 Å². The van der Waals surface area contributed by atoms with Crippen LogP contribution in [0, 0.1) is 11.6 Å². The van der Waals surface area contributed by atoms with E-state index in [1.165, 1.54) is 12.1 Å². The van der Waals surface area contributed by atoms with Gasteiger partial charge in [0.15, 0.2) is 11.6 Å². The highest BCUT2D eigenvalue weighted by atomic mass is 32.1. The Morgan fingerprint density at radius 2 is 2.04 bits per heavy atom. The molecule has 1 N–H and O–H groups in total. The third-order valence-corrected chi connectivity index (χ3v) is 5.89. The number of hydrogen-bond donors (Lipinski definition) is 1. The van der Waals surface area contributed by atoms with Crippen LogP contribution in [-0.2, 0) is 13.1 Å². The van der Waals surface area contributed by atoms with E-state index in [1.807, 2.05) is 0 Å². The molecule has 7 heteroatoms. The maximum Gasteiger partial charge on any atom is 0.159 e. The van der Waals surface area contributed by atoms with Gasteiger partial charge >= 0.3 is 0 Å². The topological polar surface area (TPSA) is 39.6 Å². The summed E-state index contributed by atoms with van der Waals surface area (Å²) < 4.78 is 26.6. The lowest BCUT2D eigenvalue weighted by Crippen LogP contribution is -2.52. The van der Waals surface area contributed by atoms with Crippen LogP contribution in [0.15, 0.2) is 23.6 Å². The summed E-state index contributed by atoms with van der Waals surface area (Å²) in [6, 6.07) is 4.25. The van der Waals surface area contributed by atoms with Gasteiger partial charge in [0.1, 0.15) is 5.01 Å². The number of aromatic nitrogens is 1. The van der Waals surface area contributed by atoms with Crippen LogP contribution in [-0.4, -0.2) is 52.2 Å². The average molecular weight is 396 g/mol. The van der Waals surface area contributed by atoms with E-state index in [0.29, 0.717) is 18.9 Å². The van der Waals surface area contributed by atoms with Crippen LogP contribution in [0.2, 0.25) is 0 Å². The predicted octanol–water partition coefficient (Wildman–Crippen LogP) is 3.61. The normalized spacial score (nSPS) is 19.1. The molecule has 4 nitrogen and oxygen atoms in total.